The third kappa shape index (κ3) is 2.49. The molecule has 3 aromatic heterocycles. The van der Waals surface area contributed by atoms with E-state index in [1.165, 1.54) is 10.9 Å². The average molecular weight is 355 g/mol. The second-order valence-corrected chi connectivity index (χ2v) is 5.72. The Balaban J connectivity index is 1.82. The Labute approximate surface area is 125 Å². The van der Waals surface area contributed by atoms with Crippen LogP contribution in [0.25, 0.3) is 10.6 Å². The van der Waals surface area contributed by atoms with Crippen LogP contribution in [0, 0.1) is 10.1 Å². The van der Waals surface area contributed by atoms with Gasteiger partial charge in [-0.15, -0.1) is 11.3 Å². The lowest BCUT2D eigenvalue weighted by molar-refractivity contribution is -0.390. The van der Waals surface area contributed by atoms with Crippen molar-refractivity contribution in [3.05, 3.63) is 50.1 Å². The van der Waals surface area contributed by atoms with Gasteiger partial charge < -0.3 is 14.6 Å². The SMILES string of the molecule is O=[N+]([O-])c1nn(Cc2cc(-c3cccs3)on2)cc1Br. The van der Waals surface area contributed by atoms with E-state index in [9.17, 15) is 10.1 Å². The molecule has 102 valence electrons. The molecule has 0 aromatic carbocycles. The Morgan fingerprint density at radius 2 is 2.40 bits per heavy atom. The fourth-order valence-corrected chi connectivity index (χ4v) is 2.81. The van der Waals surface area contributed by atoms with Gasteiger partial charge in [0.1, 0.15) is 16.7 Å². The molecule has 0 fully saturated rings. The summed E-state index contributed by atoms with van der Waals surface area (Å²) in [5, 5.41) is 20.5. The molecule has 0 saturated heterocycles. The van der Waals surface area contributed by atoms with Crippen molar-refractivity contribution in [3.63, 3.8) is 0 Å². The van der Waals surface area contributed by atoms with Crippen LogP contribution in [0.15, 0.2) is 38.8 Å². The zero-order valence-corrected chi connectivity index (χ0v) is 12.3. The van der Waals surface area contributed by atoms with Crippen molar-refractivity contribution in [2.45, 2.75) is 6.54 Å². The molecule has 0 amide bonds. The minimum absolute atomic E-state index is 0.216. The smallest absolute Gasteiger partial charge is 0.358 e. The molecule has 0 bridgehead atoms. The lowest BCUT2D eigenvalue weighted by Crippen LogP contribution is -2.01. The summed E-state index contributed by atoms with van der Waals surface area (Å²) in [6, 6.07) is 5.66. The lowest BCUT2D eigenvalue weighted by atomic mass is 10.3. The van der Waals surface area contributed by atoms with E-state index in [2.05, 4.69) is 26.2 Å². The highest BCUT2D eigenvalue weighted by Gasteiger charge is 2.19. The van der Waals surface area contributed by atoms with Crippen LogP contribution in [0.3, 0.4) is 0 Å². The first kappa shape index (κ1) is 13.0. The van der Waals surface area contributed by atoms with E-state index in [-0.39, 0.29) is 5.82 Å². The number of aromatic nitrogens is 3. The number of hydrogen-bond donors (Lipinski definition) is 0. The van der Waals surface area contributed by atoms with Crippen LogP contribution < -0.4 is 0 Å². The van der Waals surface area contributed by atoms with Gasteiger partial charge in [-0.3, -0.25) is 0 Å². The summed E-state index contributed by atoms with van der Waals surface area (Å²) in [4.78, 5) is 11.2. The summed E-state index contributed by atoms with van der Waals surface area (Å²) in [5.74, 6) is 0.461. The molecule has 20 heavy (non-hydrogen) atoms. The first-order valence-electron chi connectivity index (χ1n) is 5.50. The maximum Gasteiger partial charge on any atom is 0.404 e. The van der Waals surface area contributed by atoms with E-state index in [4.69, 9.17) is 4.52 Å². The normalized spacial score (nSPS) is 10.8. The molecule has 3 heterocycles. The molecule has 7 nitrogen and oxygen atoms in total. The zero-order chi connectivity index (χ0) is 14.1. The molecule has 0 aliphatic carbocycles. The molecule has 0 unspecified atom stereocenters. The Morgan fingerprint density at radius 3 is 3.05 bits per heavy atom. The Kier molecular flexibility index (Phi) is 3.36. The molecule has 0 N–H and O–H groups in total. The van der Waals surface area contributed by atoms with Gasteiger partial charge in [0.05, 0.1) is 16.2 Å². The summed E-state index contributed by atoms with van der Waals surface area (Å²) in [7, 11) is 0. The van der Waals surface area contributed by atoms with Crippen LogP contribution in [0.1, 0.15) is 5.69 Å². The van der Waals surface area contributed by atoms with E-state index in [0.717, 1.165) is 4.88 Å². The second kappa shape index (κ2) is 5.17. The van der Waals surface area contributed by atoms with Gasteiger partial charge in [0.2, 0.25) is 0 Å². The lowest BCUT2D eigenvalue weighted by Gasteiger charge is -1.89. The van der Waals surface area contributed by atoms with Gasteiger partial charge in [0.15, 0.2) is 5.76 Å². The molecule has 0 saturated carbocycles. The second-order valence-electron chi connectivity index (χ2n) is 3.92. The van der Waals surface area contributed by atoms with Crippen molar-refractivity contribution in [1.29, 1.82) is 0 Å². The van der Waals surface area contributed by atoms with Gasteiger partial charge in [-0.25, -0.2) is 0 Å². The Bertz CT molecular complexity index is 750. The quantitative estimate of drug-likeness (QED) is 0.529. The third-order valence-corrected chi connectivity index (χ3v) is 3.96. The van der Waals surface area contributed by atoms with Gasteiger partial charge in [-0.1, -0.05) is 11.2 Å². The predicted molar refractivity (Wildman–Crippen MR) is 75.5 cm³/mol. The van der Waals surface area contributed by atoms with Crippen LogP contribution in [0.2, 0.25) is 0 Å². The molecule has 0 radical (unpaired) electrons. The first-order valence-corrected chi connectivity index (χ1v) is 7.17. The van der Waals surface area contributed by atoms with Crippen molar-refractivity contribution < 1.29 is 9.45 Å². The van der Waals surface area contributed by atoms with E-state index in [1.807, 2.05) is 17.5 Å². The van der Waals surface area contributed by atoms with E-state index < -0.39 is 4.92 Å². The van der Waals surface area contributed by atoms with Crippen molar-refractivity contribution >= 4 is 33.1 Å². The number of rotatable bonds is 4. The molecular weight excluding hydrogens is 348 g/mol. The number of thiophene rings is 1. The average Bonchev–Trinajstić information content (AvgIpc) is 3.09. The monoisotopic (exact) mass is 354 g/mol. The highest BCUT2D eigenvalue weighted by Crippen LogP contribution is 2.26. The van der Waals surface area contributed by atoms with Gasteiger partial charge in [0, 0.05) is 6.07 Å². The van der Waals surface area contributed by atoms with Crippen molar-refractivity contribution in [3.8, 4) is 10.6 Å². The summed E-state index contributed by atoms with van der Waals surface area (Å²) in [6.45, 7) is 0.307. The van der Waals surface area contributed by atoms with Crippen molar-refractivity contribution in [2.24, 2.45) is 0 Å². The van der Waals surface area contributed by atoms with Gasteiger partial charge in [-0.05, 0) is 32.3 Å². The highest BCUT2D eigenvalue weighted by atomic mass is 79.9. The molecule has 0 aliphatic rings. The topological polar surface area (TPSA) is 87.0 Å². The summed E-state index contributed by atoms with van der Waals surface area (Å²) in [5.41, 5.74) is 0.651. The van der Waals surface area contributed by atoms with Crippen LogP contribution in [-0.2, 0) is 6.54 Å². The molecule has 0 aliphatic heterocycles. The van der Waals surface area contributed by atoms with Gasteiger partial charge in [-0.2, -0.15) is 4.68 Å². The number of nitrogens with zero attached hydrogens (tertiary/aromatic N) is 4. The summed E-state index contributed by atoms with van der Waals surface area (Å²) >= 11 is 4.65. The largest absolute Gasteiger partial charge is 0.404 e. The maximum absolute atomic E-state index is 10.7. The summed E-state index contributed by atoms with van der Waals surface area (Å²) < 4.78 is 7.02. The minimum atomic E-state index is -0.541. The molecular formula is C11H7BrN4O3S. The number of nitro groups is 1. The van der Waals surface area contributed by atoms with Crippen LogP contribution in [0.5, 0.6) is 0 Å². The number of halogens is 1. The van der Waals surface area contributed by atoms with E-state index in [1.54, 1.807) is 17.4 Å². The molecule has 0 spiro atoms. The van der Waals surface area contributed by atoms with Crippen molar-refractivity contribution in [1.82, 2.24) is 14.9 Å². The van der Waals surface area contributed by atoms with Crippen molar-refractivity contribution in [2.75, 3.05) is 0 Å². The van der Waals surface area contributed by atoms with Crippen LogP contribution in [-0.4, -0.2) is 19.9 Å². The van der Waals surface area contributed by atoms with E-state index in [0.29, 0.717) is 22.5 Å². The Hall–Kier alpha value is -2.00. The Morgan fingerprint density at radius 1 is 1.55 bits per heavy atom. The highest BCUT2D eigenvalue weighted by molar-refractivity contribution is 9.10. The molecule has 3 rings (SSSR count). The fourth-order valence-electron chi connectivity index (χ4n) is 1.68. The fraction of sp³-hybridized carbons (Fsp3) is 0.0909. The maximum atomic E-state index is 10.7. The standard InChI is InChI=1S/C11H7BrN4O3S/c12-8-6-15(13-11(8)16(17)18)5-7-4-9(19-14-7)10-2-1-3-20-10/h1-4,6H,5H2. The number of hydrogen-bond acceptors (Lipinski definition) is 6. The molecule has 0 atom stereocenters. The van der Waals surface area contributed by atoms with Gasteiger partial charge >= 0.3 is 5.82 Å². The summed E-state index contributed by atoms with van der Waals surface area (Å²) in [6.07, 6.45) is 1.54. The molecule has 3 aromatic rings. The third-order valence-electron chi connectivity index (χ3n) is 2.52. The molecule has 9 heteroatoms. The van der Waals surface area contributed by atoms with E-state index >= 15 is 0 Å². The zero-order valence-electron chi connectivity index (χ0n) is 9.89. The predicted octanol–water partition coefficient (Wildman–Crippen LogP) is 3.32. The van der Waals surface area contributed by atoms with Crippen LogP contribution >= 0.6 is 27.3 Å². The minimum Gasteiger partial charge on any atom is -0.358 e. The van der Waals surface area contributed by atoms with Crippen LogP contribution in [0.4, 0.5) is 5.82 Å². The first-order chi connectivity index (χ1) is 9.63. The van der Waals surface area contributed by atoms with Gasteiger partial charge in [0.25, 0.3) is 0 Å².